The number of rotatable bonds is 14. The summed E-state index contributed by atoms with van der Waals surface area (Å²) in [6.07, 6.45) is 1.62. The van der Waals surface area contributed by atoms with Gasteiger partial charge in [0.2, 0.25) is 0 Å². The van der Waals surface area contributed by atoms with Crippen molar-refractivity contribution in [2.45, 2.75) is 75.8 Å². The number of aryl methyl sites for hydroxylation is 2. The van der Waals surface area contributed by atoms with E-state index in [0.717, 1.165) is 0 Å². The molecule has 0 spiro atoms. The minimum absolute atomic E-state index is 0.0197. The molecule has 176 valence electrons. The SMILES string of the molecule is CCOC(=O)CCn1c(S)nnc1CCC(=O)CCc1nnc(S)n1CCC(=O)OCC. The third kappa shape index (κ3) is 7.93. The van der Waals surface area contributed by atoms with Crippen LogP contribution in [0.3, 0.4) is 0 Å². The van der Waals surface area contributed by atoms with Crippen molar-refractivity contribution in [3.63, 3.8) is 0 Å². The van der Waals surface area contributed by atoms with Crippen molar-refractivity contribution in [3.05, 3.63) is 11.6 Å². The van der Waals surface area contributed by atoms with Crippen LogP contribution in [0, 0.1) is 0 Å². The number of ether oxygens (including phenoxy) is 2. The predicted octanol–water partition coefficient (Wildman–Crippen LogP) is 1.49. The standard InChI is InChI=1S/C19H28N6O5S2/c1-3-29-16(27)9-11-24-14(20-22-18(24)31)7-5-13(26)6-8-15-21-23-19(32)25(15)12-10-17(28)30-4-2/h3-12H2,1-2H3,(H,22,31)(H,23,32). The number of hydrogen-bond donors (Lipinski definition) is 2. The van der Waals surface area contributed by atoms with E-state index in [1.54, 1.807) is 23.0 Å². The van der Waals surface area contributed by atoms with Gasteiger partial charge >= 0.3 is 11.9 Å². The largest absolute Gasteiger partial charge is 0.466 e. The number of thiol groups is 2. The molecule has 0 aliphatic rings. The van der Waals surface area contributed by atoms with E-state index >= 15 is 0 Å². The molecule has 0 atom stereocenters. The van der Waals surface area contributed by atoms with Crippen molar-refractivity contribution in [1.82, 2.24) is 29.5 Å². The monoisotopic (exact) mass is 484 g/mol. The van der Waals surface area contributed by atoms with Gasteiger partial charge in [0.1, 0.15) is 17.4 Å². The Morgan fingerprint density at radius 2 is 1.12 bits per heavy atom. The fourth-order valence-corrected chi connectivity index (χ4v) is 3.50. The van der Waals surface area contributed by atoms with Gasteiger partial charge in [-0.05, 0) is 13.8 Å². The van der Waals surface area contributed by atoms with Gasteiger partial charge in [-0.15, -0.1) is 45.7 Å². The first-order chi connectivity index (χ1) is 15.3. The molecule has 13 heteroatoms. The Morgan fingerprint density at radius 1 is 0.719 bits per heavy atom. The van der Waals surface area contributed by atoms with E-state index in [-0.39, 0.29) is 43.4 Å². The van der Waals surface area contributed by atoms with E-state index < -0.39 is 0 Å². The molecule has 2 aromatic rings. The highest BCUT2D eigenvalue weighted by Gasteiger charge is 2.16. The second kappa shape index (κ2) is 13.2. The molecule has 2 aromatic heterocycles. The smallest absolute Gasteiger partial charge is 0.307 e. The molecule has 0 unspecified atom stereocenters. The summed E-state index contributed by atoms with van der Waals surface area (Å²) in [6.45, 7) is 4.81. The van der Waals surface area contributed by atoms with Gasteiger partial charge in [-0.1, -0.05) is 0 Å². The van der Waals surface area contributed by atoms with Crippen LogP contribution in [0.2, 0.25) is 0 Å². The molecule has 0 aromatic carbocycles. The van der Waals surface area contributed by atoms with Gasteiger partial charge in [-0.2, -0.15) is 0 Å². The molecule has 0 amide bonds. The van der Waals surface area contributed by atoms with E-state index in [4.69, 9.17) is 9.47 Å². The fraction of sp³-hybridized carbons (Fsp3) is 0.632. The Kier molecular flexibility index (Phi) is 10.7. The zero-order chi connectivity index (χ0) is 23.5. The number of carbonyl (C=O) groups is 3. The lowest BCUT2D eigenvalue weighted by Crippen LogP contribution is -2.14. The second-order valence-electron chi connectivity index (χ2n) is 6.78. The maximum atomic E-state index is 12.4. The predicted molar refractivity (Wildman–Crippen MR) is 119 cm³/mol. The number of esters is 2. The van der Waals surface area contributed by atoms with E-state index in [1.807, 2.05) is 0 Å². The summed E-state index contributed by atoms with van der Waals surface area (Å²) in [7, 11) is 0. The van der Waals surface area contributed by atoms with Gasteiger partial charge < -0.3 is 18.6 Å². The maximum Gasteiger partial charge on any atom is 0.307 e. The van der Waals surface area contributed by atoms with E-state index in [1.165, 1.54) is 0 Å². The lowest BCUT2D eigenvalue weighted by molar-refractivity contribution is -0.144. The molecule has 0 N–H and O–H groups in total. The van der Waals surface area contributed by atoms with Crippen molar-refractivity contribution >= 4 is 43.0 Å². The van der Waals surface area contributed by atoms with Gasteiger partial charge in [-0.3, -0.25) is 14.4 Å². The molecular formula is C19H28N6O5S2. The summed E-state index contributed by atoms with van der Waals surface area (Å²) in [4.78, 5) is 35.6. The Balaban J connectivity index is 1.85. The minimum atomic E-state index is -0.313. The normalized spacial score (nSPS) is 10.9. The highest BCUT2D eigenvalue weighted by Crippen LogP contribution is 2.13. The van der Waals surface area contributed by atoms with Crippen LogP contribution >= 0.6 is 25.3 Å². The number of ketones is 1. The topological polar surface area (TPSA) is 131 Å². The number of hydrogen-bond acceptors (Lipinski definition) is 11. The first-order valence-corrected chi connectivity index (χ1v) is 11.3. The Bertz CT molecular complexity index is 857. The molecule has 0 saturated carbocycles. The molecule has 0 bridgehead atoms. The molecule has 0 aliphatic heterocycles. The molecule has 0 saturated heterocycles. The summed E-state index contributed by atoms with van der Waals surface area (Å²) in [5.41, 5.74) is 0. The molecule has 2 heterocycles. The molecule has 0 radical (unpaired) electrons. The van der Waals surface area contributed by atoms with E-state index in [9.17, 15) is 14.4 Å². The van der Waals surface area contributed by atoms with Crippen molar-refractivity contribution < 1.29 is 23.9 Å². The van der Waals surface area contributed by atoms with Crippen LogP contribution < -0.4 is 0 Å². The number of nitrogens with zero attached hydrogens (tertiary/aromatic N) is 6. The fourth-order valence-electron chi connectivity index (χ4n) is 2.98. The molecule has 32 heavy (non-hydrogen) atoms. The molecule has 0 aliphatic carbocycles. The average molecular weight is 485 g/mol. The molecule has 0 fully saturated rings. The molecule has 2 rings (SSSR count). The van der Waals surface area contributed by atoms with Crippen molar-refractivity contribution in [2.75, 3.05) is 13.2 Å². The van der Waals surface area contributed by atoms with Gasteiger partial charge in [0, 0.05) is 38.8 Å². The Hall–Kier alpha value is -2.41. The Morgan fingerprint density at radius 3 is 1.50 bits per heavy atom. The van der Waals surface area contributed by atoms with Crippen LogP contribution in [0.5, 0.6) is 0 Å². The second-order valence-corrected chi connectivity index (χ2v) is 7.58. The van der Waals surface area contributed by atoms with Crippen molar-refractivity contribution in [1.29, 1.82) is 0 Å². The zero-order valence-electron chi connectivity index (χ0n) is 18.2. The molecule has 11 nitrogen and oxygen atoms in total. The lowest BCUT2D eigenvalue weighted by Gasteiger charge is -2.09. The zero-order valence-corrected chi connectivity index (χ0v) is 20.0. The first-order valence-electron chi connectivity index (χ1n) is 10.4. The minimum Gasteiger partial charge on any atom is -0.466 e. The third-order valence-electron chi connectivity index (χ3n) is 4.56. The van der Waals surface area contributed by atoms with Crippen LogP contribution in [0.1, 0.15) is 51.2 Å². The quantitative estimate of drug-likeness (QED) is 0.302. The number of carbonyl (C=O) groups excluding carboxylic acids is 3. The first kappa shape index (κ1) is 25.8. The summed E-state index contributed by atoms with van der Waals surface area (Å²) < 4.78 is 13.3. The highest BCUT2D eigenvalue weighted by molar-refractivity contribution is 7.80. The summed E-state index contributed by atoms with van der Waals surface area (Å²) in [6, 6.07) is 0. The maximum absolute atomic E-state index is 12.4. The average Bonchev–Trinajstić information content (AvgIpc) is 3.29. The van der Waals surface area contributed by atoms with E-state index in [2.05, 4.69) is 45.7 Å². The van der Waals surface area contributed by atoms with Crippen molar-refractivity contribution in [2.24, 2.45) is 0 Å². The lowest BCUT2D eigenvalue weighted by atomic mass is 10.1. The van der Waals surface area contributed by atoms with Gasteiger partial charge in [-0.25, -0.2) is 0 Å². The summed E-state index contributed by atoms with van der Waals surface area (Å²) in [5.74, 6) is 0.565. The number of aromatic nitrogens is 6. The van der Waals surface area contributed by atoms with Crippen LogP contribution in [0.25, 0.3) is 0 Å². The summed E-state index contributed by atoms with van der Waals surface area (Å²) in [5, 5.41) is 16.7. The van der Waals surface area contributed by atoms with Crippen LogP contribution in [0.4, 0.5) is 0 Å². The number of Topliss-reactive ketones (excluding diaryl/α,β-unsaturated/α-hetero) is 1. The van der Waals surface area contributed by atoms with Crippen molar-refractivity contribution in [3.8, 4) is 0 Å². The van der Waals surface area contributed by atoms with Gasteiger partial charge in [0.15, 0.2) is 10.3 Å². The van der Waals surface area contributed by atoms with Crippen LogP contribution in [-0.4, -0.2) is 60.5 Å². The van der Waals surface area contributed by atoms with E-state index in [0.29, 0.717) is 61.1 Å². The van der Waals surface area contributed by atoms with Crippen LogP contribution in [0.15, 0.2) is 10.3 Å². The summed E-state index contributed by atoms with van der Waals surface area (Å²) >= 11 is 8.52. The highest BCUT2D eigenvalue weighted by atomic mass is 32.1. The van der Waals surface area contributed by atoms with Crippen LogP contribution in [-0.2, 0) is 49.8 Å². The van der Waals surface area contributed by atoms with Gasteiger partial charge in [0.05, 0.1) is 26.1 Å². The third-order valence-corrected chi connectivity index (χ3v) is 5.22. The molecular weight excluding hydrogens is 456 g/mol. The van der Waals surface area contributed by atoms with Gasteiger partial charge in [0.25, 0.3) is 0 Å². The Labute approximate surface area is 197 Å².